The molecule has 1 amide bonds. The molecule has 1 aromatic heterocycles. The van der Waals surface area contributed by atoms with Crippen molar-refractivity contribution in [3.63, 3.8) is 0 Å². The maximum Gasteiger partial charge on any atom is 0.256 e. The van der Waals surface area contributed by atoms with Gasteiger partial charge in [0.15, 0.2) is 5.76 Å². The molecule has 1 aromatic carbocycles. The number of halogens is 1. The quantitative estimate of drug-likeness (QED) is 0.910. The van der Waals surface area contributed by atoms with Crippen LogP contribution < -0.4 is 11.1 Å². The van der Waals surface area contributed by atoms with Crippen LogP contribution in [0.15, 0.2) is 28.8 Å². The smallest absolute Gasteiger partial charge is 0.256 e. The number of hydrogen-bond acceptors (Lipinski definition) is 4. The van der Waals surface area contributed by atoms with E-state index < -0.39 is 0 Å². The van der Waals surface area contributed by atoms with Gasteiger partial charge in [0.1, 0.15) is 5.56 Å². The lowest BCUT2D eigenvalue weighted by atomic mass is 10.1. The molecular weight excluding hydrogens is 290 g/mol. The van der Waals surface area contributed by atoms with Crippen LogP contribution in [-0.4, -0.2) is 18.1 Å². The summed E-state index contributed by atoms with van der Waals surface area (Å²) in [6.45, 7) is 1.90. The Morgan fingerprint density at radius 1 is 1.43 bits per heavy atom. The highest BCUT2D eigenvalue weighted by Gasteiger charge is 2.19. The maximum absolute atomic E-state index is 11.9. The molecule has 110 valence electrons. The van der Waals surface area contributed by atoms with Gasteiger partial charge in [-0.25, -0.2) is 0 Å². The zero-order valence-electron chi connectivity index (χ0n) is 11.8. The first-order valence-corrected chi connectivity index (χ1v) is 6.88. The van der Waals surface area contributed by atoms with Crippen molar-refractivity contribution < 1.29 is 9.32 Å². The molecule has 0 fully saturated rings. The Morgan fingerprint density at radius 3 is 2.67 bits per heavy atom. The first kappa shape index (κ1) is 15.1. The van der Waals surface area contributed by atoms with E-state index in [-0.39, 0.29) is 5.91 Å². The van der Waals surface area contributed by atoms with Gasteiger partial charge in [-0.15, -0.1) is 0 Å². The Balaban J connectivity index is 2.42. The van der Waals surface area contributed by atoms with Crippen LogP contribution in [-0.2, 0) is 6.42 Å². The molecule has 3 N–H and O–H groups in total. The molecule has 2 aromatic rings. The van der Waals surface area contributed by atoms with E-state index in [4.69, 9.17) is 21.9 Å². The number of amides is 1. The molecule has 0 unspecified atom stereocenters. The fraction of sp³-hybridized carbons (Fsp3) is 0.200. The Hall–Kier alpha value is -2.27. The van der Waals surface area contributed by atoms with Crippen molar-refractivity contribution >= 4 is 29.3 Å². The van der Waals surface area contributed by atoms with E-state index in [9.17, 15) is 4.79 Å². The zero-order chi connectivity index (χ0) is 15.4. The summed E-state index contributed by atoms with van der Waals surface area (Å²) in [5.74, 6) is 0.0990. The second kappa shape index (κ2) is 6.45. The number of hydrogen-bond donors (Lipinski definition) is 2. The molecule has 0 atom stereocenters. The highest BCUT2D eigenvalue weighted by Crippen LogP contribution is 2.21. The monoisotopic (exact) mass is 305 g/mol. The summed E-state index contributed by atoms with van der Waals surface area (Å²) in [7, 11) is 1.56. The van der Waals surface area contributed by atoms with Gasteiger partial charge in [0.2, 0.25) is 0 Å². The Bertz CT molecular complexity index is 675. The van der Waals surface area contributed by atoms with Crippen LogP contribution in [0, 0.1) is 0 Å². The first-order valence-electron chi connectivity index (χ1n) is 6.50. The number of carbonyl (C=O) groups excluding carboxylic acids is 1. The second-order valence-electron chi connectivity index (χ2n) is 4.41. The largest absolute Gasteiger partial charge is 0.398 e. The number of nitrogens with two attached hydrogens (primary N) is 1. The summed E-state index contributed by atoms with van der Waals surface area (Å²) in [5, 5.41) is 7.11. The van der Waals surface area contributed by atoms with Crippen LogP contribution in [0.4, 0.5) is 0 Å². The van der Waals surface area contributed by atoms with Crippen LogP contribution in [0.25, 0.3) is 11.8 Å². The maximum atomic E-state index is 11.9. The summed E-state index contributed by atoms with van der Waals surface area (Å²) in [6, 6.07) is 7.08. The fourth-order valence-electron chi connectivity index (χ4n) is 1.91. The lowest BCUT2D eigenvalue weighted by molar-refractivity contribution is 0.0961. The number of carbonyl (C=O) groups is 1. The highest BCUT2D eigenvalue weighted by molar-refractivity contribution is 6.30. The van der Waals surface area contributed by atoms with Crippen molar-refractivity contribution in [3.8, 4) is 0 Å². The standard InChI is InChI=1S/C15H16ClN3O2/c1-3-12-14(15(20)18-2)13(21-19-12)8-11(17)9-4-6-10(16)7-5-9/h4-8H,3,17H2,1-2H3,(H,18,20). The van der Waals surface area contributed by atoms with Gasteiger partial charge in [0.05, 0.1) is 5.69 Å². The minimum absolute atomic E-state index is 0.247. The van der Waals surface area contributed by atoms with E-state index in [0.717, 1.165) is 5.56 Å². The zero-order valence-corrected chi connectivity index (χ0v) is 12.6. The molecule has 2 rings (SSSR count). The van der Waals surface area contributed by atoms with Crippen molar-refractivity contribution in [1.82, 2.24) is 10.5 Å². The van der Waals surface area contributed by atoms with Gasteiger partial charge in [-0.05, 0) is 24.1 Å². The molecule has 0 spiro atoms. The molecule has 0 radical (unpaired) electrons. The molecule has 0 saturated carbocycles. The third kappa shape index (κ3) is 3.25. The van der Waals surface area contributed by atoms with Crippen LogP contribution in [0.3, 0.4) is 0 Å². The van der Waals surface area contributed by atoms with Crippen LogP contribution in [0.5, 0.6) is 0 Å². The van der Waals surface area contributed by atoms with Crippen molar-refractivity contribution in [3.05, 3.63) is 51.9 Å². The van der Waals surface area contributed by atoms with Gasteiger partial charge in [-0.3, -0.25) is 4.79 Å². The molecule has 6 heteroatoms. The van der Waals surface area contributed by atoms with E-state index >= 15 is 0 Å². The SMILES string of the molecule is CCc1noc(C=C(N)c2ccc(Cl)cc2)c1C(=O)NC. The van der Waals surface area contributed by atoms with Crippen molar-refractivity contribution in [2.45, 2.75) is 13.3 Å². The highest BCUT2D eigenvalue weighted by atomic mass is 35.5. The van der Waals surface area contributed by atoms with Crippen molar-refractivity contribution in [2.75, 3.05) is 7.05 Å². The molecule has 21 heavy (non-hydrogen) atoms. The number of aromatic nitrogens is 1. The number of nitrogens with one attached hydrogen (secondary N) is 1. The molecule has 1 heterocycles. The van der Waals surface area contributed by atoms with Gasteiger partial charge in [-0.2, -0.15) is 0 Å². The number of rotatable bonds is 4. The van der Waals surface area contributed by atoms with Gasteiger partial charge in [0, 0.05) is 23.8 Å². The lowest BCUT2D eigenvalue weighted by Gasteiger charge is -2.02. The van der Waals surface area contributed by atoms with Crippen LogP contribution >= 0.6 is 11.6 Å². The second-order valence-corrected chi connectivity index (χ2v) is 4.84. The van der Waals surface area contributed by atoms with Crippen LogP contribution in [0.1, 0.15) is 34.3 Å². The summed E-state index contributed by atoms with van der Waals surface area (Å²) < 4.78 is 5.23. The third-order valence-electron chi connectivity index (χ3n) is 3.04. The van der Waals surface area contributed by atoms with Gasteiger partial charge in [0.25, 0.3) is 5.91 Å². The summed E-state index contributed by atoms with van der Waals surface area (Å²) in [5.41, 5.74) is 8.31. The minimum Gasteiger partial charge on any atom is -0.398 e. The molecular formula is C15H16ClN3O2. The van der Waals surface area contributed by atoms with Gasteiger partial charge in [-0.1, -0.05) is 35.8 Å². The van der Waals surface area contributed by atoms with E-state index in [2.05, 4.69) is 10.5 Å². The number of nitrogens with zero attached hydrogens (tertiary/aromatic N) is 1. The topological polar surface area (TPSA) is 81.2 Å². The summed E-state index contributed by atoms with van der Waals surface area (Å²) in [6.07, 6.45) is 2.20. The van der Waals surface area contributed by atoms with Gasteiger partial charge >= 0.3 is 0 Å². The number of aryl methyl sites for hydroxylation is 1. The Kier molecular flexibility index (Phi) is 4.65. The van der Waals surface area contributed by atoms with E-state index in [1.807, 2.05) is 6.92 Å². The van der Waals surface area contributed by atoms with Gasteiger partial charge < -0.3 is 15.6 Å². The first-order chi connectivity index (χ1) is 10.1. The predicted octanol–water partition coefficient (Wildman–Crippen LogP) is 2.71. The molecule has 0 aliphatic rings. The predicted molar refractivity (Wildman–Crippen MR) is 82.8 cm³/mol. The van der Waals surface area contributed by atoms with Crippen molar-refractivity contribution in [2.24, 2.45) is 5.73 Å². The summed E-state index contributed by atoms with van der Waals surface area (Å²) >= 11 is 5.84. The van der Waals surface area contributed by atoms with E-state index in [0.29, 0.717) is 34.2 Å². The number of benzene rings is 1. The third-order valence-corrected chi connectivity index (χ3v) is 3.29. The van der Waals surface area contributed by atoms with E-state index in [1.54, 1.807) is 37.4 Å². The minimum atomic E-state index is -0.247. The average molecular weight is 306 g/mol. The average Bonchev–Trinajstić information content (AvgIpc) is 2.89. The Labute approximate surface area is 127 Å². The molecule has 0 aliphatic heterocycles. The lowest BCUT2D eigenvalue weighted by Crippen LogP contribution is -2.19. The Morgan fingerprint density at radius 2 is 2.10 bits per heavy atom. The van der Waals surface area contributed by atoms with Crippen LogP contribution in [0.2, 0.25) is 5.02 Å². The summed E-state index contributed by atoms with van der Waals surface area (Å²) in [4.78, 5) is 11.9. The fourth-order valence-corrected chi connectivity index (χ4v) is 2.04. The molecule has 5 nitrogen and oxygen atoms in total. The molecule has 0 bridgehead atoms. The van der Waals surface area contributed by atoms with Crippen molar-refractivity contribution in [1.29, 1.82) is 0 Å². The normalized spacial score (nSPS) is 11.5. The van der Waals surface area contributed by atoms with E-state index in [1.165, 1.54) is 0 Å². The molecule has 0 saturated heterocycles. The molecule has 0 aliphatic carbocycles.